The molecule has 0 rings (SSSR count). The Morgan fingerprint density at radius 3 is 2.38 bits per heavy atom. The number of hydrogen-bond acceptors (Lipinski definition) is 2. The number of carbonyl (C=O) groups is 1. The van der Waals surface area contributed by atoms with Gasteiger partial charge in [-0.2, -0.15) is 0 Å². The standard InChI is InChI=1S/C3H5O2.CH3.ClH.Zn/c1-2-5-3-4;;;/h2H2,1H3;1H3;1H;. The SMILES string of the molecule is CCO[C](=O)[Zn][CH3].Cl. The minimum absolute atomic E-state index is 0. The molecule has 0 spiro atoms. The van der Waals surface area contributed by atoms with Gasteiger partial charge in [0.2, 0.25) is 0 Å². The van der Waals surface area contributed by atoms with Gasteiger partial charge in [-0.15, -0.1) is 12.4 Å². The molecule has 0 aromatic heterocycles. The van der Waals surface area contributed by atoms with Crippen LogP contribution in [0.4, 0.5) is 4.79 Å². The summed E-state index contributed by atoms with van der Waals surface area (Å²) < 4.78 is 4.70. The predicted molar refractivity (Wildman–Crippen MR) is 30.1 cm³/mol. The average molecular weight is 190 g/mol. The zero-order chi connectivity index (χ0) is 5.70. The van der Waals surface area contributed by atoms with E-state index < -0.39 is 17.1 Å². The maximum atomic E-state index is 10.3. The van der Waals surface area contributed by atoms with E-state index in [0.29, 0.717) is 6.61 Å². The summed E-state index contributed by atoms with van der Waals surface area (Å²) >= 11 is -0.889. The fraction of sp³-hybridized carbons (Fsp3) is 0.750. The van der Waals surface area contributed by atoms with Crippen LogP contribution in [0.5, 0.6) is 0 Å². The summed E-state index contributed by atoms with van der Waals surface area (Å²) in [5, 5.41) is 0. The summed E-state index contributed by atoms with van der Waals surface area (Å²) in [7, 11) is 0. The van der Waals surface area contributed by atoms with Crippen LogP contribution in [0.3, 0.4) is 0 Å². The zero-order valence-corrected chi connectivity index (χ0v) is 8.92. The summed E-state index contributed by atoms with van der Waals surface area (Å²) in [6, 6.07) is 0. The molecule has 0 aliphatic carbocycles. The van der Waals surface area contributed by atoms with Gasteiger partial charge in [-0.25, -0.2) is 0 Å². The molecule has 0 fully saturated rings. The van der Waals surface area contributed by atoms with Gasteiger partial charge in [0.15, 0.2) is 0 Å². The van der Waals surface area contributed by atoms with E-state index in [-0.39, 0.29) is 17.0 Å². The largest absolute Gasteiger partial charge is 0.147 e. The molecule has 4 heteroatoms. The van der Waals surface area contributed by atoms with E-state index in [4.69, 9.17) is 0 Å². The monoisotopic (exact) mass is 188 g/mol. The van der Waals surface area contributed by atoms with Crippen LogP contribution in [0.25, 0.3) is 0 Å². The van der Waals surface area contributed by atoms with E-state index in [9.17, 15) is 4.79 Å². The molecule has 8 heavy (non-hydrogen) atoms. The summed E-state index contributed by atoms with van der Waals surface area (Å²) in [6.07, 6.45) is 0. The van der Waals surface area contributed by atoms with Crippen molar-refractivity contribution in [2.24, 2.45) is 0 Å². The Bertz CT molecular complexity index is 67.1. The quantitative estimate of drug-likeness (QED) is 0.619. The molecule has 0 aliphatic heterocycles. The number of ether oxygens (including phenoxy) is 1. The summed E-state index contributed by atoms with van der Waals surface area (Å²) in [5.74, 6) is 0. The van der Waals surface area contributed by atoms with Crippen molar-refractivity contribution >= 4 is 17.0 Å². The minimum Gasteiger partial charge on any atom is -0.147 e. The molecule has 0 unspecified atom stereocenters. The molecular formula is C4H9ClO2Zn. The molecule has 0 heterocycles. The maximum absolute atomic E-state index is 10.3. The first-order valence-electron chi connectivity index (χ1n) is 2.46. The van der Waals surface area contributed by atoms with Gasteiger partial charge in [0.1, 0.15) is 0 Å². The molecule has 0 amide bonds. The first-order valence-corrected chi connectivity index (χ1v) is 6.92. The van der Waals surface area contributed by atoms with Crippen molar-refractivity contribution in [2.45, 2.75) is 12.4 Å². The molecule has 0 aromatic carbocycles. The Labute approximate surface area is 63.0 Å². The first kappa shape index (κ1) is 11.2. The molecule has 46 valence electrons. The Morgan fingerprint density at radius 1 is 1.75 bits per heavy atom. The molecule has 0 saturated carbocycles. The predicted octanol–water partition coefficient (Wildman–Crippen LogP) is 1.70. The van der Waals surface area contributed by atoms with Crippen LogP contribution >= 0.6 is 12.4 Å². The van der Waals surface area contributed by atoms with Gasteiger partial charge in [-0.3, -0.25) is 0 Å². The molecule has 0 aliphatic rings. The zero-order valence-electron chi connectivity index (χ0n) is 5.14. The van der Waals surface area contributed by atoms with Gasteiger partial charge in [0, 0.05) is 0 Å². The van der Waals surface area contributed by atoms with Crippen molar-refractivity contribution in [2.75, 3.05) is 6.61 Å². The van der Waals surface area contributed by atoms with Crippen molar-refractivity contribution < 1.29 is 26.7 Å². The average Bonchev–Trinajstić information content (AvgIpc) is 1.68. The van der Waals surface area contributed by atoms with Crippen LogP contribution in [-0.4, -0.2) is 11.2 Å². The van der Waals surface area contributed by atoms with Crippen molar-refractivity contribution in [3.8, 4) is 0 Å². The van der Waals surface area contributed by atoms with Crippen LogP contribution in [0.2, 0.25) is 5.52 Å². The third kappa shape index (κ3) is 6.38. The normalized spacial score (nSPS) is 6.25. The maximum Gasteiger partial charge on any atom is -0.147 e. The molecule has 0 N–H and O–H groups in total. The van der Waals surface area contributed by atoms with Crippen molar-refractivity contribution in [1.29, 1.82) is 0 Å². The number of hydrogen-bond donors (Lipinski definition) is 0. The Kier molecular flexibility index (Phi) is 10.4. The van der Waals surface area contributed by atoms with Gasteiger partial charge in [-0.05, 0) is 0 Å². The third-order valence-electron chi connectivity index (χ3n) is 0.594. The van der Waals surface area contributed by atoms with Gasteiger partial charge in [0.25, 0.3) is 0 Å². The third-order valence-corrected chi connectivity index (χ3v) is 2.23. The van der Waals surface area contributed by atoms with Gasteiger partial charge < -0.3 is 0 Å². The van der Waals surface area contributed by atoms with E-state index >= 15 is 0 Å². The van der Waals surface area contributed by atoms with E-state index in [0.717, 1.165) is 0 Å². The fourth-order valence-electron chi connectivity index (χ4n) is 0.263. The second kappa shape index (κ2) is 7.38. The Morgan fingerprint density at radius 2 is 2.25 bits per heavy atom. The van der Waals surface area contributed by atoms with Gasteiger partial charge in [0.05, 0.1) is 0 Å². The van der Waals surface area contributed by atoms with Crippen molar-refractivity contribution in [3.05, 3.63) is 0 Å². The molecule has 0 aromatic rings. The summed E-state index contributed by atoms with van der Waals surface area (Å²) in [5.41, 5.74) is 1.96. The summed E-state index contributed by atoms with van der Waals surface area (Å²) in [6.45, 7) is 2.37. The minimum atomic E-state index is -0.889. The van der Waals surface area contributed by atoms with Crippen LogP contribution in [0, 0.1) is 0 Å². The molecular weight excluding hydrogens is 181 g/mol. The van der Waals surface area contributed by atoms with Gasteiger partial charge >= 0.3 is 50.3 Å². The van der Waals surface area contributed by atoms with E-state index in [2.05, 4.69) is 4.74 Å². The summed E-state index contributed by atoms with van der Waals surface area (Å²) in [4.78, 5) is 10.3. The number of halogens is 1. The van der Waals surface area contributed by atoms with E-state index in [1.54, 1.807) is 0 Å². The Balaban J connectivity index is 0. The second-order valence-corrected chi connectivity index (χ2v) is 3.85. The molecule has 0 saturated heterocycles. The van der Waals surface area contributed by atoms with Crippen molar-refractivity contribution in [3.63, 3.8) is 0 Å². The molecule has 0 bridgehead atoms. The van der Waals surface area contributed by atoms with E-state index in [1.807, 2.05) is 12.4 Å². The van der Waals surface area contributed by atoms with Crippen LogP contribution in [0.15, 0.2) is 0 Å². The van der Waals surface area contributed by atoms with Crippen molar-refractivity contribution in [1.82, 2.24) is 0 Å². The first-order chi connectivity index (χ1) is 3.31. The van der Waals surface area contributed by atoms with E-state index in [1.165, 1.54) is 0 Å². The second-order valence-electron chi connectivity index (χ2n) is 1.16. The molecule has 0 atom stereocenters. The van der Waals surface area contributed by atoms with Gasteiger partial charge in [-0.1, -0.05) is 0 Å². The number of rotatable bonds is 2. The molecule has 2 nitrogen and oxygen atoms in total. The molecule has 0 radical (unpaired) electrons. The van der Waals surface area contributed by atoms with Crippen LogP contribution in [-0.2, 0) is 21.9 Å². The van der Waals surface area contributed by atoms with Crippen LogP contribution in [0.1, 0.15) is 6.92 Å². The number of carbonyl (C=O) groups excluding carboxylic acids is 1. The fourth-order valence-corrected chi connectivity index (χ4v) is 1.12. The Hall–Kier alpha value is 0.383. The van der Waals surface area contributed by atoms with Crippen LogP contribution < -0.4 is 0 Å². The smallest absolute Gasteiger partial charge is 0.147 e. The topological polar surface area (TPSA) is 26.3 Å².